The minimum Gasteiger partial charge on any atom is -0.381 e. The van der Waals surface area contributed by atoms with E-state index in [1.165, 1.54) is 0 Å². The Bertz CT molecular complexity index is 512. The molecule has 1 aliphatic rings. The van der Waals surface area contributed by atoms with Crippen LogP contribution >= 0.6 is 0 Å². The maximum atomic E-state index is 11.7. The number of H-pyrrole nitrogens is 1. The van der Waals surface area contributed by atoms with Gasteiger partial charge in [0.1, 0.15) is 0 Å². The molecule has 88 valence electrons. The third-order valence-electron chi connectivity index (χ3n) is 2.83. The first-order valence-electron chi connectivity index (χ1n) is 5.63. The lowest BCUT2D eigenvalue weighted by atomic mass is 10.0. The molecule has 5 nitrogen and oxygen atoms in total. The molecule has 1 amide bonds. The van der Waals surface area contributed by atoms with E-state index in [4.69, 9.17) is 4.74 Å². The quantitative estimate of drug-likeness (QED) is 0.842. The van der Waals surface area contributed by atoms with Crippen molar-refractivity contribution in [1.82, 2.24) is 9.97 Å². The molecule has 1 aliphatic heterocycles. The molecule has 0 atom stereocenters. The van der Waals surface area contributed by atoms with Crippen molar-refractivity contribution in [2.75, 3.05) is 18.5 Å². The number of hydrogen-bond acceptors (Lipinski definition) is 3. The van der Waals surface area contributed by atoms with Crippen molar-refractivity contribution in [1.29, 1.82) is 0 Å². The van der Waals surface area contributed by atoms with E-state index in [2.05, 4.69) is 15.3 Å². The van der Waals surface area contributed by atoms with Gasteiger partial charge >= 0.3 is 0 Å². The summed E-state index contributed by atoms with van der Waals surface area (Å²) in [6.45, 7) is 1.38. The van der Waals surface area contributed by atoms with Crippen LogP contribution in [0.15, 0.2) is 24.3 Å². The minimum absolute atomic E-state index is 0.0163. The zero-order valence-electron chi connectivity index (χ0n) is 9.27. The second kappa shape index (κ2) is 4.18. The zero-order valence-corrected chi connectivity index (χ0v) is 9.27. The molecule has 0 bridgehead atoms. The first kappa shape index (κ1) is 10.3. The molecule has 0 aliphatic carbocycles. The lowest BCUT2D eigenvalue weighted by Gasteiger charge is -2.24. The lowest BCUT2D eigenvalue weighted by Crippen LogP contribution is -2.31. The normalized spacial score (nSPS) is 15.8. The molecule has 0 saturated carbocycles. The molecular formula is C12H13N3O2. The van der Waals surface area contributed by atoms with E-state index in [0.29, 0.717) is 31.5 Å². The zero-order chi connectivity index (χ0) is 11.7. The minimum atomic E-state index is -0.0163. The van der Waals surface area contributed by atoms with Gasteiger partial charge in [-0.2, -0.15) is 0 Å². The van der Waals surface area contributed by atoms with Gasteiger partial charge in [-0.3, -0.25) is 10.1 Å². The van der Waals surface area contributed by atoms with Gasteiger partial charge in [-0.1, -0.05) is 12.1 Å². The highest BCUT2D eigenvalue weighted by Crippen LogP contribution is 2.16. The smallest absolute Gasteiger partial charge is 0.227 e. The van der Waals surface area contributed by atoms with Crippen LogP contribution in [0.1, 0.15) is 6.42 Å². The Morgan fingerprint density at radius 3 is 3.00 bits per heavy atom. The lowest BCUT2D eigenvalue weighted by molar-refractivity contribution is -0.121. The fourth-order valence-electron chi connectivity index (χ4n) is 1.86. The molecule has 17 heavy (non-hydrogen) atoms. The second-order valence-corrected chi connectivity index (χ2v) is 4.26. The number of aromatic nitrogens is 2. The second-order valence-electron chi connectivity index (χ2n) is 4.26. The molecule has 1 aromatic heterocycles. The standard InChI is InChI=1S/C12H13N3O2/c16-11(5-8-6-17-7-8)15-12-13-9-3-1-2-4-10(9)14-12/h1-4,8H,5-7H2,(H2,13,14,15,16). The van der Waals surface area contributed by atoms with E-state index in [9.17, 15) is 4.79 Å². The van der Waals surface area contributed by atoms with Crippen molar-refractivity contribution in [2.45, 2.75) is 6.42 Å². The molecule has 2 aromatic rings. The average molecular weight is 231 g/mol. The summed E-state index contributed by atoms with van der Waals surface area (Å²) in [5.74, 6) is 0.855. The third-order valence-corrected chi connectivity index (χ3v) is 2.83. The molecule has 2 heterocycles. The largest absolute Gasteiger partial charge is 0.381 e. The van der Waals surface area contributed by atoms with Crippen molar-refractivity contribution in [3.8, 4) is 0 Å². The van der Waals surface area contributed by atoms with E-state index in [1.54, 1.807) is 0 Å². The van der Waals surface area contributed by atoms with Crippen LogP contribution < -0.4 is 5.32 Å². The highest BCUT2D eigenvalue weighted by molar-refractivity contribution is 5.91. The van der Waals surface area contributed by atoms with Crippen LogP contribution in [0.5, 0.6) is 0 Å². The van der Waals surface area contributed by atoms with Gasteiger partial charge in [-0.15, -0.1) is 0 Å². The number of nitrogens with one attached hydrogen (secondary N) is 2. The molecule has 0 radical (unpaired) electrons. The van der Waals surface area contributed by atoms with Crippen LogP contribution in [0.2, 0.25) is 0 Å². The van der Waals surface area contributed by atoms with E-state index in [0.717, 1.165) is 11.0 Å². The first-order valence-corrected chi connectivity index (χ1v) is 5.63. The topological polar surface area (TPSA) is 67.0 Å². The molecule has 3 rings (SSSR count). The van der Waals surface area contributed by atoms with Crippen LogP contribution in [0.4, 0.5) is 5.95 Å². The number of anilines is 1. The summed E-state index contributed by atoms with van der Waals surface area (Å²) in [5.41, 5.74) is 1.78. The molecule has 0 spiro atoms. The van der Waals surface area contributed by atoms with Crippen LogP contribution in [-0.4, -0.2) is 29.1 Å². The Morgan fingerprint density at radius 1 is 1.47 bits per heavy atom. The molecule has 1 aromatic carbocycles. The van der Waals surface area contributed by atoms with Crippen molar-refractivity contribution in [3.63, 3.8) is 0 Å². The fourth-order valence-corrected chi connectivity index (χ4v) is 1.86. The Labute approximate surface area is 98.2 Å². The Hall–Kier alpha value is -1.88. The van der Waals surface area contributed by atoms with Gasteiger partial charge in [0.2, 0.25) is 11.9 Å². The third kappa shape index (κ3) is 2.14. The number of fused-ring (bicyclic) bond motifs is 1. The van der Waals surface area contributed by atoms with Gasteiger partial charge in [0.05, 0.1) is 24.2 Å². The number of aromatic amines is 1. The number of para-hydroxylation sites is 2. The number of carbonyl (C=O) groups excluding carboxylic acids is 1. The van der Waals surface area contributed by atoms with Gasteiger partial charge in [-0.25, -0.2) is 4.98 Å². The van der Waals surface area contributed by atoms with Crippen LogP contribution in [0.25, 0.3) is 11.0 Å². The SMILES string of the molecule is O=C(CC1COC1)Nc1nc2ccccc2[nH]1. The van der Waals surface area contributed by atoms with Gasteiger partial charge in [0, 0.05) is 12.3 Å². The monoisotopic (exact) mass is 231 g/mol. The predicted molar refractivity (Wildman–Crippen MR) is 63.6 cm³/mol. The average Bonchev–Trinajstić information content (AvgIpc) is 2.65. The Morgan fingerprint density at radius 2 is 2.29 bits per heavy atom. The van der Waals surface area contributed by atoms with E-state index in [1.807, 2.05) is 24.3 Å². The van der Waals surface area contributed by atoms with Crippen LogP contribution in [-0.2, 0) is 9.53 Å². The maximum absolute atomic E-state index is 11.7. The maximum Gasteiger partial charge on any atom is 0.227 e. The van der Waals surface area contributed by atoms with E-state index in [-0.39, 0.29) is 5.91 Å². The Kier molecular flexibility index (Phi) is 2.53. The van der Waals surface area contributed by atoms with Crippen LogP contribution in [0.3, 0.4) is 0 Å². The predicted octanol–water partition coefficient (Wildman–Crippen LogP) is 1.54. The van der Waals surface area contributed by atoms with Crippen molar-refractivity contribution in [2.24, 2.45) is 5.92 Å². The molecular weight excluding hydrogens is 218 g/mol. The first-order chi connectivity index (χ1) is 8.31. The number of amides is 1. The summed E-state index contributed by atoms with van der Waals surface area (Å²) < 4.78 is 5.03. The van der Waals surface area contributed by atoms with Crippen molar-refractivity contribution in [3.05, 3.63) is 24.3 Å². The Balaban J connectivity index is 1.69. The highest BCUT2D eigenvalue weighted by atomic mass is 16.5. The molecule has 1 fully saturated rings. The van der Waals surface area contributed by atoms with Crippen molar-refractivity contribution >= 4 is 22.9 Å². The molecule has 1 saturated heterocycles. The number of nitrogens with zero attached hydrogens (tertiary/aromatic N) is 1. The highest BCUT2D eigenvalue weighted by Gasteiger charge is 2.21. The fraction of sp³-hybridized carbons (Fsp3) is 0.333. The van der Waals surface area contributed by atoms with Gasteiger partial charge in [-0.05, 0) is 12.1 Å². The van der Waals surface area contributed by atoms with Gasteiger partial charge in [0.25, 0.3) is 0 Å². The summed E-state index contributed by atoms with van der Waals surface area (Å²) >= 11 is 0. The number of carbonyl (C=O) groups is 1. The summed E-state index contributed by atoms with van der Waals surface area (Å²) in [4.78, 5) is 19.0. The number of benzene rings is 1. The van der Waals surface area contributed by atoms with Gasteiger partial charge in [0.15, 0.2) is 0 Å². The summed E-state index contributed by atoms with van der Waals surface area (Å²) in [6, 6.07) is 7.68. The summed E-state index contributed by atoms with van der Waals surface area (Å²) in [5, 5.41) is 2.77. The van der Waals surface area contributed by atoms with Gasteiger partial charge < -0.3 is 9.72 Å². The molecule has 5 heteroatoms. The van der Waals surface area contributed by atoms with Crippen molar-refractivity contribution < 1.29 is 9.53 Å². The summed E-state index contributed by atoms with van der Waals surface area (Å²) in [7, 11) is 0. The van der Waals surface area contributed by atoms with Crippen LogP contribution in [0, 0.1) is 5.92 Å². The number of rotatable bonds is 3. The summed E-state index contributed by atoms with van der Waals surface area (Å²) in [6.07, 6.45) is 0.497. The molecule has 0 unspecified atom stereocenters. The molecule has 2 N–H and O–H groups in total. The number of imidazole rings is 1. The number of hydrogen-bond donors (Lipinski definition) is 2. The number of ether oxygens (including phenoxy) is 1. The van der Waals surface area contributed by atoms with E-state index < -0.39 is 0 Å². The van der Waals surface area contributed by atoms with E-state index >= 15 is 0 Å².